The monoisotopic (exact) mass is 508 g/mol. The summed E-state index contributed by atoms with van der Waals surface area (Å²) in [6.45, 7) is 0. The zero-order valence-corrected chi connectivity index (χ0v) is 19.0. The summed E-state index contributed by atoms with van der Waals surface area (Å²) in [5.41, 5.74) is 8.16. The highest BCUT2D eigenvalue weighted by Gasteiger charge is 2.26. The van der Waals surface area contributed by atoms with Gasteiger partial charge in [0.2, 0.25) is 0 Å². The van der Waals surface area contributed by atoms with Gasteiger partial charge in [0.1, 0.15) is 0 Å². The number of fused-ring (bicyclic) bond motifs is 3. The Morgan fingerprint density at radius 3 is 2.40 bits per heavy atom. The largest absolute Gasteiger partial charge is 0.493 e. The van der Waals surface area contributed by atoms with Crippen molar-refractivity contribution in [3.63, 3.8) is 0 Å². The van der Waals surface area contributed by atoms with Crippen LogP contribution in [0.1, 0.15) is 11.1 Å². The van der Waals surface area contributed by atoms with Crippen LogP contribution in [0.4, 0.5) is 0 Å². The van der Waals surface area contributed by atoms with Crippen LogP contribution in [-0.4, -0.2) is 24.0 Å². The van der Waals surface area contributed by atoms with Crippen molar-refractivity contribution in [3.8, 4) is 39.7 Å². The van der Waals surface area contributed by atoms with Crippen molar-refractivity contribution in [2.45, 2.75) is 12.8 Å². The second-order valence-electron chi connectivity index (χ2n) is 7.29. The van der Waals surface area contributed by atoms with Crippen molar-refractivity contribution in [1.82, 2.24) is 9.78 Å². The van der Waals surface area contributed by atoms with Crippen LogP contribution >= 0.6 is 22.6 Å². The normalized spacial score (nSPS) is 12.2. The van der Waals surface area contributed by atoms with E-state index >= 15 is 0 Å². The first-order valence-electron chi connectivity index (χ1n) is 9.88. The Morgan fingerprint density at radius 1 is 0.867 bits per heavy atom. The van der Waals surface area contributed by atoms with Gasteiger partial charge in [0.15, 0.2) is 11.5 Å². The molecular formula is C25H21IN2O2. The lowest BCUT2D eigenvalue weighted by molar-refractivity contribution is 0.355. The van der Waals surface area contributed by atoms with Gasteiger partial charge in [-0.2, -0.15) is 5.10 Å². The van der Waals surface area contributed by atoms with Crippen molar-refractivity contribution in [2.75, 3.05) is 14.2 Å². The van der Waals surface area contributed by atoms with Crippen LogP contribution in [-0.2, 0) is 12.8 Å². The van der Waals surface area contributed by atoms with Gasteiger partial charge < -0.3 is 9.47 Å². The molecule has 0 spiro atoms. The molecule has 0 unspecified atom stereocenters. The molecule has 1 aliphatic carbocycles. The molecule has 0 saturated heterocycles. The molecule has 5 rings (SSSR count). The van der Waals surface area contributed by atoms with Crippen LogP contribution in [0.2, 0.25) is 0 Å². The maximum absolute atomic E-state index is 5.58. The summed E-state index contributed by atoms with van der Waals surface area (Å²) >= 11 is 2.33. The molecule has 1 aromatic heterocycles. The van der Waals surface area contributed by atoms with Crippen molar-refractivity contribution in [2.24, 2.45) is 0 Å². The Labute approximate surface area is 189 Å². The average Bonchev–Trinajstić information content (AvgIpc) is 3.19. The van der Waals surface area contributed by atoms with Crippen LogP contribution in [0, 0.1) is 3.57 Å². The molecule has 0 fully saturated rings. The maximum Gasteiger partial charge on any atom is 0.161 e. The third-order valence-electron chi connectivity index (χ3n) is 5.63. The zero-order chi connectivity index (χ0) is 20.7. The van der Waals surface area contributed by atoms with Gasteiger partial charge in [0.05, 0.1) is 31.3 Å². The number of methoxy groups -OCH3 is 2. The molecule has 4 nitrogen and oxygen atoms in total. The van der Waals surface area contributed by atoms with Gasteiger partial charge in [-0.05, 0) is 83.5 Å². The van der Waals surface area contributed by atoms with E-state index in [1.54, 1.807) is 14.2 Å². The molecule has 4 aromatic rings. The van der Waals surface area contributed by atoms with Crippen molar-refractivity contribution >= 4 is 22.6 Å². The minimum atomic E-state index is 0.718. The molecule has 0 radical (unpaired) electrons. The number of hydrogen-bond donors (Lipinski definition) is 0. The molecule has 0 saturated carbocycles. The summed E-state index contributed by atoms with van der Waals surface area (Å²) in [6.07, 6.45) is 1.97. The van der Waals surface area contributed by atoms with Gasteiger partial charge in [-0.15, -0.1) is 0 Å². The fourth-order valence-electron chi connectivity index (χ4n) is 4.18. The third kappa shape index (κ3) is 3.17. The Hall–Kier alpha value is -2.80. The number of aromatic nitrogens is 2. The van der Waals surface area contributed by atoms with Crippen LogP contribution in [0.25, 0.3) is 28.2 Å². The lowest BCUT2D eigenvalue weighted by Crippen LogP contribution is -2.03. The van der Waals surface area contributed by atoms with Gasteiger partial charge in [0.25, 0.3) is 0 Å². The number of benzene rings is 3. The first-order valence-corrected chi connectivity index (χ1v) is 11.0. The van der Waals surface area contributed by atoms with Gasteiger partial charge in [-0.3, -0.25) is 0 Å². The van der Waals surface area contributed by atoms with Crippen LogP contribution < -0.4 is 9.47 Å². The first-order chi connectivity index (χ1) is 14.7. The molecule has 0 atom stereocenters. The highest BCUT2D eigenvalue weighted by atomic mass is 127. The van der Waals surface area contributed by atoms with Crippen molar-refractivity contribution in [3.05, 3.63) is 81.4 Å². The second-order valence-corrected chi connectivity index (χ2v) is 8.54. The first kappa shape index (κ1) is 19.2. The predicted octanol–water partition coefficient (Wildman–Crippen LogP) is 5.93. The summed E-state index contributed by atoms with van der Waals surface area (Å²) in [4.78, 5) is 0. The van der Waals surface area contributed by atoms with E-state index in [-0.39, 0.29) is 0 Å². The molecule has 0 amide bonds. The highest BCUT2D eigenvalue weighted by molar-refractivity contribution is 14.1. The van der Waals surface area contributed by atoms with Gasteiger partial charge in [0, 0.05) is 20.3 Å². The zero-order valence-electron chi connectivity index (χ0n) is 16.9. The van der Waals surface area contributed by atoms with E-state index in [0.29, 0.717) is 0 Å². The van der Waals surface area contributed by atoms with Crippen LogP contribution in [0.15, 0.2) is 66.7 Å². The topological polar surface area (TPSA) is 36.3 Å². The summed E-state index contributed by atoms with van der Waals surface area (Å²) in [5, 5.41) is 5.11. The lowest BCUT2D eigenvalue weighted by atomic mass is 9.88. The Kier molecular flexibility index (Phi) is 4.98. The quantitative estimate of drug-likeness (QED) is 0.321. The molecule has 0 bridgehead atoms. The summed E-state index contributed by atoms with van der Waals surface area (Å²) in [6, 6.07) is 23.1. The number of halogens is 1. The third-order valence-corrected chi connectivity index (χ3v) is 6.35. The van der Waals surface area contributed by atoms with E-state index in [2.05, 4.69) is 81.9 Å². The van der Waals surface area contributed by atoms with E-state index in [1.165, 1.54) is 20.3 Å². The van der Waals surface area contributed by atoms with E-state index in [0.717, 1.165) is 47.0 Å². The van der Waals surface area contributed by atoms with Gasteiger partial charge in [-0.25, -0.2) is 4.68 Å². The Balaban J connectivity index is 1.78. The Bertz CT molecular complexity index is 1230. The fraction of sp³-hybridized carbons (Fsp3) is 0.160. The summed E-state index contributed by atoms with van der Waals surface area (Å²) < 4.78 is 14.3. The maximum atomic E-state index is 5.58. The molecule has 0 aliphatic heterocycles. The number of aryl methyl sites for hydroxylation is 1. The van der Waals surface area contributed by atoms with Crippen LogP contribution in [0.3, 0.4) is 0 Å². The van der Waals surface area contributed by atoms with E-state index < -0.39 is 0 Å². The predicted molar refractivity (Wildman–Crippen MR) is 128 cm³/mol. The van der Waals surface area contributed by atoms with E-state index in [4.69, 9.17) is 14.6 Å². The number of hydrogen-bond acceptors (Lipinski definition) is 3. The molecule has 1 aliphatic rings. The molecule has 3 aromatic carbocycles. The van der Waals surface area contributed by atoms with Crippen molar-refractivity contribution in [1.29, 1.82) is 0 Å². The second kappa shape index (κ2) is 7.80. The smallest absolute Gasteiger partial charge is 0.161 e. The van der Waals surface area contributed by atoms with Gasteiger partial charge >= 0.3 is 0 Å². The number of nitrogens with zero attached hydrogens (tertiary/aromatic N) is 2. The molecule has 5 heteroatoms. The SMILES string of the molecule is COc1ccc(-c2c3c(nn2-c2ccc(I)cc2)-c2ccccc2CC3)cc1OC. The molecule has 30 heavy (non-hydrogen) atoms. The molecular weight excluding hydrogens is 487 g/mol. The molecule has 1 heterocycles. The van der Waals surface area contributed by atoms with E-state index in [9.17, 15) is 0 Å². The van der Waals surface area contributed by atoms with Crippen molar-refractivity contribution < 1.29 is 9.47 Å². The lowest BCUT2D eigenvalue weighted by Gasteiger charge is -2.17. The van der Waals surface area contributed by atoms with Gasteiger partial charge in [-0.1, -0.05) is 24.3 Å². The number of rotatable bonds is 4. The molecule has 150 valence electrons. The minimum absolute atomic E-state index is 0.718. The fourth-order valence-corrected chi connectivity index (χ4v) is 4.54. The van der Waals surface area contributed by atoms with Crippen LogP contribution in [0.5, 0.6) is 11.5 Å². The highest BCUT2D eigenvalue weighted by Crippen LogP contribution is 2.41. The summed E-state index contributed by atoms with van der Waals surface area (Å²) in [7, 11) is 3.33. The standard InChI is InChI=1S/C25H21IN2O2/c1-29-22-14-8-17(15-23(22)30-2)25-21-13-7-16-5-3-4-6-20(16)24(21)27-28(25)19-11-9-18(26)10-12-19/h3-6,8-12,14-15H,7,13H2,1-2H3. The minimum Gasteiger partial charge on any atom is -0.493 e. The summed E-state index contributed by atoms with van der Waals surface area (Å²) in [5.74, 6) is 1.44. The number of ether oxygens (including phenoxy) is 2. The molecule has 0 N–H and O–H groups in total. The van der Waals surface area contributed by atoms with E-state index in [1.807, 2.05) is 12.1 Å². The average molecular weight is 508 g/mol. The Morgan fingerprint density at radius 2 is 1.63 bits per heavy atom.